The standard InChI is InChI=1S/C18H11F2N5O3/c1-9-16(22-24-25(9)13-4-3-11(19)7-12(13)20)18-21-17(23-28-18)10-2-5-14-15(6-10)27-8-26-14/h2-7H,8H2,1H3. The Balaban J connectivity index is 1.50. The molecule has 0 saturated carbocycles. The number of ether oxygens (including phenoxy) is 2. The molecule has 3 heterocycles. The lowest BCUT2D eigenvalue weighted by Gasteiger charge is -2.04. The highest BCUT2D eigenvalue weighted by atomic mass is 19.1. The number of nitrogens with zero attached hydrogens (tertiary/aromatic N) is 5. The molecule has 1 aliphatic rings. The molecule has 5 rings (SSSR count). The van der Waals surface area contributed by atoms with Gasteiger partial charge in [0.2, 0.25) is 12.6 Å². The lowest BCUT2D eigenvalue weighted by atomic mass is 10.2. The molecule has 10 heteroatoms. The van der Waals surface area contributed by atoms with Crippen molar-refractivity contribution in [3.63, 3.8) is 0 Å². The first-order chi connectivity index (χ1) is 13.6. The Labute approximate surface area is 156 Å². The fourth-order valence-electron chi connectivity index (χ4n) is 2.88. The van der Waals surface area contributed by atoms with Crippen LogP contribution in [-0.4, -0.2) is 31.9 Å². The van der Waals surface area contributed by atoms with Gasteiger partial charge in [-0.25, -0.2) is 13.5 Å². The van der Waals surface area contributed by atoms with Crippen LogP contribution in [0.2, 0.25) is 0 Å². The van der Waals surface area contributed by atoms with Crippen LogP contribution < -0.4 is 9.47 Å². The number of fused-ring (bicyclic) bond motifs is 1. The first-order valence-corrected chi connectivity index (χ1v) is 8.22. The second-order valence-corrected chi connectivity index (χ2v) is 6.02. The number of halogens is 2. The minimum absolute atomic E-state index is 0.0631. The van der Waals surface area contributed by atoms with Crippen molar-refractivity contribution >= 4 is 0 Å². The smallest absolute Gasteiger partial charge is 0.280 e. The normalized spacial score (nSPS) is 12.5. The van der Waals surface area contributed by atoms with Crippen LogP contribution in [0.4, 0.5) is 8.78 Å². The van der Waals surface area contributed by atoms with Crippen LogP contribution in [0, 0.1) is 18.6 Å². The number of hydrogen-bond acceptors (Lipinski definition) is 7. The molecule has 0 aliphatic carbocycles. The van der Waals surface area contributed by atoms with Crippen molar-refractivity contribution in [2.45, 2.75) is 6.92 Å². The minimum atomic E-state index is -0.758. The minimum Gasteiger partial charge on any atom is -0.454 e. The maximum atomic E-state index is 14.1. The summed E-state index contributed by atoms with van der Waals surface area (Å²) in [5.74, 6) is 0.259. The number of aromatic nitrogens is 5. The summed E-state index contributed by atoms with van der Waals surface area (Å²) in [5.41, 5.74) is 1.50. The van der Waals surface area contributed by atoms with Crippen molar-refractivity contribution in [1.82, 2.24) is 25.1 Å². The molecule has 0 N–H and O–H groups in total. The highest BCUT2D eigenvalue weighted by molar-refractivity contribution is 5.63. The van der Waals surface area contributed by atoms with E-state index in [-0.39, 0.29) is 18.4 Å². The monoisotopic (exact) mass is 383 g/mol. The van der Waals surface area contributed by atoms with Gasteiger partial charge in [-0.3, -0.25) is 0 Å². The van der Waals surface area contributed by atoms with Crippen molar-refractivity contribution in [3.8, 4) is 40.2 Å². The number of hydrogen-bond donors (Lipinski definition) is 0. The van der Waals surface area contributed by atoms with Crippen LogP contribution in [0.15, 0.2) is 40.9 Å². The maximum Gasteiger partial charge on any atom is 0.280 e. The molecule has 0 atom stereocenters. The summed E-state index contributed by atoms with van der Waals surface area (Å²) >= 11 is 0. The molecule has 0 unspecified atom stereocenters. The van der Waals surface area contributed by atoms with E-state index in [1.807, 2.05) is 0 Å². The van der Waals surface area contributed by atoms with Gasteiger partial charge in [-0.2, -0.15) is 4.98 Å². The van der Waals surface area contributed by atoms with Gasteiger partial charge in [0.25, 0.3) is 5.89 Å². The summed E-state index contributed by atoms with van der Waals surface area (Å²) in [5, 5.41) is 11.9. The van der Waals surface area contributed by atoms with Crippen molar-refractivity contribution in [3.05, 3.63) is 53.7 Å². The zero-order valence-electron chi connectivity index (χ0n) is 14.4. The Hall–Kier alpha value is -3.82. The average molecular weight is 383 g/mol. The van der Waals surface area contributed by atoms with Gasteiger partial charge in [0.15, 0.2) is 23.0 Å². The molecule has 0 bridgehead atoms. The first-order valence-electron chi connectivity index (χ1n) is 8.22. The van der Waals surface area contributed by atoms with Gasteiger partial charge in [0.1, 0.15) is 11.5 Å². The van der Waals surface area contributed by atoms with E-state index in [0.29, 0.717) is 34.3 Å². The van der Waals surface area contributed by atoms with Crippen LogP contribution in [0.5, 0.6) is 11.5 Å². The summed E-state index contributed by atoms with van der Waals surface area (Å²) < 4.78 is 44.4. The second-order valence-electron chi connectivity index (χ2n) is 6.02. The van der Waals surface area contributed by atoms with Crippen molar-refractivity contribution in [2.24, 2.45) is 0 Å². The number of benzene rings is 2. The van der Waals surface area contributed by atoms with E-state index in [4.69, 9.17) is 14.0 Å². The Morgan fingerprint density at radius 3 is 2.75 bits per heavy atom. The average Bonchev–Trinajstić information content (AvgIpc) is 3.40. The molecule has 0 spiro atoms. The molecule has 8 nitrogen and oxygen atoms in total. The summed E-state index contributed by atoms with van der Waals surface area (Å²) in [4.78, 5) is 4.34. The molecular weight excluding hydrogens is 372 g/mol. The predicted octanol–water partition coefficient (Wildman–Crippen LogP) is 3.30. The fraction of sp³-hybridized carbons (Fsp3) is 0.111. The molecular formula is C18H11F2N5O3. The third-order valence-corrected chi connectivity index (χ3v) is 4.29. The third-order valence-electron chi connectivity index (χ3n) is 4.29. The van der Waals surface area contributed by atoms with Crippen LogP contribution in [0.1, 0.15) is 5.69 Å². The summed E-state index contributed by atoms with van der Waals surface area (Å²) in [6.45, 7) is 1.83. The van der Waals surface area contributed by atoms with Crippen LogP contribution >= 0.6 is 0 Å². The molecule has 2 aromatic heterocycles. The highest BCUT2D eigenvalue weighted by Gasteiger charge is 2.21. The molecule has 4 aromatic rings. The maximum absolute atomic E-state index is 14.1. The molecule has 1 aliphatic heterocycles. The quantitative estimate of drug-likeness (QED) is 0.536. The van der Waals surface area contributed by atoms with Gasteiger partial charge < -0.3 is 14.0 Å². The largest absolute Gasteiger partial charge is 0.454 e. The SMILES string of the molecule is Cc1c(-c2nc(-c3ccc4c(c3)OCO4)no2)nnn1-c1ccc(F)cc1F. The van der Waals surface area contributed by atoms with Gasteiger partial charge in [-0.05, 0) is 37.3 Å². The second kappa shape index (κ2) is 6.12. The summed E-state index contributed by atoms with van der Waals surface area (Å²) in [7, 11) is 0. The van der Waals surface area contributed by atoms with E-state index in [2.05, 4.69) is 20.5 Å². The van der Waals surface area contributed by atoms with Crippen molar-refractivity contribution in [1.29, 1.82) is 0 Å². The van der Waals surface area contributed by atoms with E-state index in [1.54, 1.807) is 25.1 Å². The molecule has 28 heavy (non-hydrogen) atoms. The molecule has 0 radical (unpaired) electrons. The Morgan fingerprint density at radius 2 is 1.89 bits per heavy atom. The van der Waals surface area contributed by atoms with E-state index in [9.17, 15) is 8.78 Å². The predicted molar refractivity (Wildman–Crippen MR) is 90.9 cm³/mol. The van der Waals surface area contributed by atoms with E-state index in [0.717, 1.165) is 12.1 Å². The highest BCUT2D eigenvalue weighted by Crippen LogP contribution is 2.35. The Bertz CT molecular complexity index is 1200. The van der Waals surface area contributed by atoms with Gasteiger partial charge >= 0.3 is 0 Å². The molecule has 140 valence electrons. The number of rotatable bonds is 3. The molecule has 2 aromatic carbocycles. The first kappa shape index (κ1) is 16.4. The van der Waals surface area contributed by atoms with Crippen molar-refractivity contribution < 1.29 is 22.8 Å². The van der Waals surface area contributed by atoms with Crippen LogP contribution in [0.3, 0.4) is 0 Å². The lowest BCUT2D eigenvalue weighted by molar-refractivity contribution is 0.174. The van der Waals surface area contributed by atoms with Gasteiger partial charge in [0.05, 0.1) is 5.69 Å². The van der Waals surface area contributed by atoms with Crippen LogP contribution in [0.25, 0.3) is 28.7 Å². The molecule has 0 fully saturated rings. The third kappa shape index (κ3) is 2.57. The summed E-state index contributed by atoms with van der Waals surface area (Å²) in [6, 6.07) is 8.48. The van der Waals surface area contributed by atoms with E-state index in [1.165, 1.54) is 10.7 Å². The molecule has 0 saturated heterocycles. The van der Waals surface area contributed by atoms with E-state index >= 15 is 0 Å². The Kier molecular flexibility index (Phi) is 3.57. The zero-order valence-corrected chi connectivity index (χ0v) is 14.4. The topological polar surface area (TPSA) is 88.1 Å². The van der Waals surface area contributed by atoms with Gasteiger partial charge in [0, 0.05) is 11.6 Å². The lowest BCUT2D eigenvalue weighted by Crippen LogP contribution is -2.02. The van der Waals surface area contributed by atoms with Crippen LogP contribution in [-0.2, 0) is 0 Å². The van der Waals surface area contributed by atoms with Gasteiger partial charge in [-0.15, -0.1) is 5.10 Å². The Morgan fingerprint density at radius 1 is 1.04 bits per heavy atom. The molecule has 0 amide bonds. The van der Waals surface area contributed by atoms with Crippen molar-refractivity contribution in [2.75, 3.05) is 6.79 Å². The zero-order chi connectivity index (χ0) is 19.3. The van der Waals surface area contributed by atoms with E-state index < -0.39 is 11.6 Å². The van der Waals surface area contributed by atoms with Gasteiger partial charge in [-0.1, -0.05) is 10.4 Å². The fourth-order valence-corrected chi connectivity index (χ4v) is 2.88. The summed E-state index contributed by atoms with van der Waals surface area (Å²) in [6.07, 6.45) is 0.